The third-order valence-electron chi connectivity index (χ3n) is 2.59. The Kier molecular flexibility index (Phi) is 4.46. The molecule has 0 unspecified atom stereocenters. The van der Waals surface area contributed by atoms with Crippen LogP contribution in [0.1, 0.15) is 21.6 Å². The van der Waals surface area contributed by atoms with E-state index >= 15 is 0 Å². The maximum atomic E-state index is 11.4. The largest absolute Gasteiger partial charge is 0.478 e. The van der Waals surface area contributed by atoms with Crippen LogP contribution in [-0.4, -0.2) is 21.0 Å². The molecular formula is C13H11ClN2O3S. The van der Waals surface area contributed by atoms with E-state index in [0.29, 0.717) is 16.5 Å². The van der Waals surface area contributed by atoms with E-state index in [0.717, 1.165) is 5.56 Å². The van der Waals surface area contributed by atoms with Gasteiger partial charge >= 0.3 is 11.7 Å². The minimum absolute atomic E-state index is 0.0311. The van der Waals surface area contributed by atoms with Crippen LogP contribution in [0.15, 0.2) is 34.1 Å². The number of nitrogens with one attached hydrogen (secondary N) is 1. The maximum Gasteiger partial charge on any atom is 0.346 e. The van der Waals surface area contributed by atoms with Gasteiger partial charge in [-0.3, -0.25) is 0 Å². The van der Waals surface area contributed by atoms with Crippen molar-refractivity contribution in [1.82, 2.24) is 9.97 Å². The lowest BCUT2D eigenvalue weighted by Gasteiger charge is -2.07. The van der Waals surface area contributed by atoms with E-state index < -0.39 is 11.7 Å². The fourth-order valence-electron chi connectivity index (χ4n) is 1.65. The maximum absolute atomic E-state index is 11.4. The molecular weight excluding hydrogens is 300 g/mol. The molecule has 5 nitrogen and oxygen atoms in total. The van der Waals surface area contributed by atoms with E-state index in [1.807, 2.05) is 12.1 Å². The van der Waals surface area contributed by atoms with Crippen LogP contribution in [0.5, 0.6) is 0 Å². The summed E-state index contributed by atoms with van der Waals surface area (Å²) in [5.74, 6) is -0.599. The summed E-state index contributed by atoms with van der Waals surface area (Å²) in [6.07, 6.45) is 0. The summed E-state index contributed by atoms with van der Waals surface area (Å²) in [7, 11) is 0. The molecule has 0 bridgehead atoms. The van der Waals surface area contributed by atoms with Crippen molar-refractivity contribution in [2.24, 2.45) is 0 Å². The molecule has 20 heavy (non-hydrogen) atoms. The van der Waals surface area contributed by atoms with Crippen molar-refractivity contribution in [2.75, 3.05) is 0 Å². The molecule has 0 amide bonds. The number of carbonyl (C=O) groups is 1. The van der Waals surface area contributed by atoms with Gasteiger partial charge in [-0.2, -0.15) is 4.98 Å². The molecule has 104 valence electrons. The molecule has 0 aliphatic carbocycles. The van der Waals surface area contributed by atoms with Gasteiger partial charge in [0.2, 0.25) is 0 Å². The first kappa shape index (κ1) is 14.6. The van der Waals surface area contributed by atoms with Crippen LogP contribution in [0.25, 0.3) is 0 Å². The molecule has 0 radical (unpaired) electrons. The van der Waals surface area contributed by atoms with E-state index in [2.05, 4.69) is 9.97 Å². The van der Waals surface area contributed by atoms with Gasteiger partial charge in [-0.15, -0.1) is 11.8 Å². The summed E-state index contributed by atoms with van der Waals surface area (Å²) in [6.45, 7) is 1.54. The Balaban J connectivity index is 2.27. The van der Waals surface area contributed by atoms with Gasteiger partial charge in [0.05, 0.1) is 0 Å². The van der Waals surface area contributed by atoms with E-state index in [1.54, 1.807) is 19.1 Å². The second-order valence-electron chi connectivity index (χ2n) is 4.07. The van der Waals surface area contributed by atoms with Crippen molar-refractivity contribution >= 4 is 29.3 Å². The lowest BCUT2D eigenvalue weighted by Crippen LogP contribution is -2.18. The molecule has 2 aromatic rings. The molecule has 2 rings (SSSR count). The van der Waals surface area contributed by atoms with Gasteiger partial charge in [0, 0.05) is 16.5 Å². The van der Waals surface area contributed by atoms with Gasteiger partial charge in [0.15, 0.2) is 0 Å². The number of nitrogens with zero attached hydrogens (tertiary/aromatic N) is 1. The summed E-state index contributed by atoms with van der Waals surface area (Å²) >= 11 is 7.00. The summed E-state index contributed by atoms with van der Waals surface area (Å²) in [5.41, 5.74) is 0.751. The molecule has 7 heteroatoms. The highest BCUT2D eigenvalue weighted by Crippen LogP contribution is 2.25. The van der Waals surface area contributed by atoms with Gasteiger partial charge in [0.25, 0.3) is 0 Å². The zero-order valence-corrected chi connectivity index (χ0v) is 12.1. The van der Waals surface area contributed by atoms with Crippen molar-refractivity contribution in [2.45, 2.75) is 17.7 Å². The number of carboxylic acids is 1. The average Bonchev–Trinajstić information content (AvgIpc) is 2.36. The number of thioether (sulfide) groups is 1. The summed E-state index contributed by atoms with van der Waals surface area (Å²) < 4.78 is 0. The molecule has 2 N–H and O–H groups in total. The van der Waals surface area contributed by atoms with Crippen LogP contribution < -0.4 is 5.69 Å². The lowest BCUT2D eigenvalue weighted by atomic mass is 10.2. The Morgan fingerprint density at radius 1 is 1.40 bits per heavy atom. The monoisotopic (exact) mass is 310 g/mol. The molecule has 0 aliphatic heterocycles. The van der Waals surface area contributed by atoms with Crippen molar-refractivity contribution < 1.29 is 9.90 Å². The van der Waals surface area contributed by atoms with Crippen molar-refractivity contribution in [3.05, 3.63) is 56.6 Å². The van der Waals surface area contributed by atoms with Crippen LogP contribution in [0.3, 0.4) is 0 Å². The summed E-state index contributed by atoms with van der Waals surface area (Å²) in [6, 6.07) is 7.20. The first-order chi connectivity index (χ1) is 9.47. The van der Waals surface area contributed by atoms with Gasteiger partial charge in [-0.05, 0) is 24.6 Å². The Labute approximate surface area is 124 Å². The van der Waals surface area contributed by atoms with Crippen molar-refractivity contribution in [3.63, 3.8) is 0 Å². The SMILES string of the molecule is Cc1[nH]c(=O)nc(SCc2ccc(Cl)cc2)c1C(=O)O. The van der Waals surface area contributed by atoms with Crippen LogP contribution in [0.4, 0.5) is 0 Å². The zero-order valence-electron chi connectivity index (χ0n) is 10.5. The van der Waals surface area contributed by atoms with Crippen LogP contribution in [0.2, 0.25) is 5.02 Å². The predicted octanol–water partition coefficient (Wildman–Crippen LogP) is 2.72. The van der Waals surface area contributed by atoms with Crippen LogP contribution in [-0.2, 0) is 5.75 Å². The van der Waals surface area contributed by atoms with Gasteiger partial charge < -0.3 is 10.1 Å². The molecule has 1 aromatic carbocycles. The molecule has 1 heterocycles. The Morgan fingerprint density at radius 2 is 2.05 bits per heavy atom. The lowest BCUT2D eigenvalue weighted by molar-refractivity contribution is 0.0690. The predicted molar refractivity (Wildman–Crippen MR) is 77.6 cm³/mol. The Bertz CT molecular complexity index is 698. The third-order valence-corrected chi connectivity index (χ3v) is 3.89. The smallest absolute Gasteiger partial charge is 0.346 e. The number of aromatic amines is 1. The number of aromatic nitrogens is 2. The first-order valence-electron chi connectivity index (χ1n) is 5.69. The highest BCUT2D eigenvalue weighted by atomic mass is 35.5. The minimum atomic E-state index is -1.11. The molecule has 0 fully saturated rings. The molecule has 0 saturated heterocycles. The number of H-pyrrole nitrogens is 1. The van der Waals surface area contributed by atoms with E-state index in [1.165, 1.54) is 11.8 Å². The second kappa shape index (κ2) is 6.11. The highest BCUT2D eigenvalue weighted by Gasteiger charge is 2.16. The van der Waals surface area contributed by atoms with Crippen molar-refractivity contribution in [3.8, 4) is 0 Å². The fraction of sp³-hybridized carbons (Fsp3) is 0.154. The highest BCUT2D eigenvalue weighted by molar-refractivity contribution is 7.98. The normalized spacial score (nSPS) is 10.5. The second-order valence-corrected chi connectivity index (χ2v) is 5.47. The number of halogens is 1. The minimum Gasteiger partial charge on any atom is -0.478 e. The molecule has 1 aromatic heterocycles. The number of carboxylic acid groups (broad SMARTS) is 1. The number of aromatic carboxylic acids is 1. The zero-order chi connectivity index (χ0) is 14.7. The Morgan fingerprint density at radius 3 is 2.65 bits per heavy atom. The number of aryl methyl sites for hydroxylation is 1. The van der Waals surface area contributed by atoms with E-state index in [4.69, 9.17) is 11.6 Å². The molecule has 0 spiro atoms. The van der Waals surface area contributed by atoms with E-state index in [9.17, 15) is 14.7 Å². The van der Waals surface area contributed by atoms with Gasteiger partial charge in [-0.1, -0.05) is 23.7 Å². The number of hydrogen-bond acceptors (Lipinski definition) is 4. The molecule has 0 saturated carbocycles. The summed E-state index contributed by atoms with van der Waals surface area (Å²) in [4.78, 5) is 28.7. The number of benzene rings is 1. The van der Waals surface area contributed by atoms with Gasteiger partial charge in [0.1, 0.15) is 10.6 Å². The standard InChI is InChI=1S/C13H11ClN2O3S/c1-7-10(12(17)18)11(16-13(19)15-7)20-6-8-2-4-9(14)5-3-8/h2-5H,6H2,1H3,(H,17,18)(H,15,16,19). The quantitative estimate of drug-likeness (QED) is 0.670. The van der Waals surface area contributed by atoms with Crippen molar-refractivity contribution in [1.29, 1.82) is 0 Å². The summed E-state index contributed by atoms with van der Waals surface area (Å²) in [5, 5.41) is 10.0. The third kappa shape index (κ3) is 3.40. The Hall–Kier alpha value is -1.79. The van der Waals surface area contributed by atoms with Crippen LogP contribution in [0, 0.1) is 6.92 Å². The average molecular weight is 311 g/mol. The first-order valence-corrected chi connectivity index (χ1v) is 7.05. The van der Waals surface area contributed by atoms with Crippen LogP contribution >= 0.6 is 23.4 Å². The number of hydrogen-bond donors (Lipinski definition) is 2. The fourth-order valence-corrected chi connectivity index (χ4v) is 2.80. The number of rotatable bonds is 4. The molecule has 0 atom stereocenters. The van der Waals surface area contributed by atoms with E-state index in [-0.39, 0.29) is 10.6 Å². The van der Waals surface area contributed by atoms with Gasteiger partial charge in [-0.25, -0.2) is 9.59 Å². The molecule has 0 aliphatic rings. The topological polar surface area (TPSA) is 83.0 Å².